The zero-order valence-electron chi connectivity index (χ0n) is 14.5. The average molecular weight is 369 g/mol. The molecule has 2 aromatic rings. The van der Waals surface area contributed by atoms with Gasteiger partial charge in [0.1, 0.15) is 18.8 Å². The van der Waals surface area contributed by atoms with Gasteiger partial charge in [-0.1, -0.05) is 30.3 Å². The molecule has 0 aliphatic heterocycles. The molecule has 2 N–H and O–H groups in total. The molecule has 0 aromatic heterocycles. The van der Waals surface area contributed by atoms with Crippen LogP contribution in [-0.4, -0.2) is 29.4 Å². The van der Waals surface area contributed by atoms with Crippen molar-refractivity contribution in [2.45, 2.75) is 25.5 Å². The Labute approximate surface area is 155 Å². The highest BCUT2D eigenvalue weighted by Crippen LogP contribution is 2.31. The summed E-state index contributed by atoms with van der Waals surface area (Å²) in [6.45, 7) is -0.204. The molecule has 1 amide bonds. The zero-order chi connectivity index (χ0) is 19.2. The highest BCUT2D eigenvalue weighted by molar-refractivity contribution is 5.97. The van der Waals surface area contributed by atoms with Gasteiger partial charge >= 0.3 is 5.97 Å². The maximum Gasteiger partial charge on any atom is 0.325 e. The maximum atomic E-state index is 12.2. The fourth-order valence-electron chi connectivity index (χ4n) is 2.44. The molecular weight excluding hydrogens is 350 g/mol. The number of nitrogens with one attached hydrogen (secondary N) is 2. The Morgan fingerprint density at radius 1 is 1.15 bits per heavy atom. The van der Waals surface area contributed by atoms with Gasteiger partial charge in [0.05, 0.1) is 4.92 Å². The van der Waals surface area contributed by atoms with Crippen molar-refractivity contribution in [2.24, 2.45) is 0 Å². The lowest BCUT2D eigenvalue weighted by Gasteiger charge is -2.09. The van der Waals surface area contributed by atoms with E-state index in [9.17, 15) is 19.7 Å². The van der Waals surface area contributed by atoms with Crippen molar-refractivity contribution in [3.8, 4) is 0 Å². The molecule has 8 heteroatoms. The number of carbonyl (C=O) groups excluding carboxylic acids is 2. The summed E-state index contributed by atoms with van der Waals surface area (Å²) >= 11 is 0. The topological polar surface area (TPSA) is 111 Å². The van der Waals surface area contributed by atoms with E-state index in [1.807, 2.05) is 30.3 Å². The van der Waals surface area contributed by atoms with E-state index in [0.29, 0.717) is 5.69 Å². The molecule has 0 bridgehead atoms. The largest absolute Gasteiger partial charge is 0.460 e. The predicted molar refractivity (Wildman–Crippen MR) is 98.3 cm³/mol. The molecule has 3 rings (SSSR count). The molecule has 0 spiro atoms. The van der Waals surface area contributed by atoms with Gasteiger partial charge in [0.15, 0.2) is 0 Å². The van der Waals surface area contributed by atoms with E-state index >= 15 is 0 Å². The molecule has 2 aromatic carbocycles. The third kappa shape index (κ3) is 5.27. The summed E-state index contributed by atoms with van der Waals surface area (Å²) < 4.78 is 5.07. The number of nitro benzene ring substituents is 1. The Morgan fingerprint density at radius 2 is 1.89 bits per heavy atom. The van der Waals surface area contributed by atoms with Crippen molar-refractivity contribution in [2.75, 3.05) is 11.9 Å². The first-order valence-electron chi connectivity index (χ1n) is 8.55. The zero-order valence-corrected chi connectivity index (χ0v) is 14.5. The number of hydrogen-bond acceptors (Lipinski definition) is 6. The lowest BCUT2D eigenvalue weighted by atomic mass is 10.1. The first-order chi connectivity index (χ1) is 13.0. The fraction of sp³-hybridized carbons (Fsp3) is 0.263. The summed E-state index contributed by atoms with van der Waals surface area (Å²) in [6.07, 6.45) is 1.95. The van der Waals surface area contributed by atoms with Crippen LogP contribution in [0.25, 0.3) is 0 Å². The Kier molecular flexibility index (Phi) is 5.65. The molecule has 0 saturated heterocycles. The van der Waals surface area contributed by atoms with Gasteiger partial charge in [0.2, 0.25) is 0 Å². The SMILES string of the molecule is O=C(CNC(=O)c1ccc(NC2CC2)c([N+](=O)[O-])c1)OCc1ccccc1. The molecule has 0 radical (unpaired) electrons. The van der Waals surface area contributed by atoms with Crippen LogP contribution in [0.1, 0.15) is 28.8 Å². The molecule has 1 saturated carbocycles. The summed E-state index contributed by atoms with van der Waals surface area (Å²) in [7, 11) is 0. The van der Waals surface area contributed by atoms with Crippen LogP contribution in [0.5, 0.6) is 0 Å². The van der Waals surface area contributed by atoms with Gasteiger partial charge < -0.3 is 15.4 Å². The molecule has 1 aliphatic rings. The Bertz CT molecular complexity index is 850. The number of esters is 1. The van der Waals surface area contributed by atoms with Gasteiger partial charge in [-0.3, -0.25) is 19.7 Å². The lowest BCUT2D eigenvalue weighted by Crippen LogP contribution is -2.30. The molecule has 1 fully saturated rings. The average Bonchev–Trinajstić information content (AvgIpc) is 3.49. The first kappa shape index (κ1) is 18.4. The smallest absolute Gasteiger partial charge is 0.325 e. The summed E-state index contributed by atoms with van der Waals surface area (Å²) in [5, 5.41) is 16.7. The normalized spacial score (nSPS) is 12.9. The lowest BCUT2D eigenvalue weighted by molar-refractivity contribution is -0.384. The van der Waals surface area contributed by atoms with Crippen molar-refractivity contribution < 1.29 is 19.2 Å². The van der Waals surface area contributed by atoms with E-state index in [1.54, 1.807) is 0 Å². The second kappa shape index (κ2) is 8.31. The monoisotopic (exact) mass is 369 g/mol. The standard InChI is InChI=1S/C19H19N3O5/c23-18(27-12-13-4-2-1-3-5-13)11-20-19(24)14-6-9-16(21-15-7-8-15)17(10-14)22(25)26/h1-6,9-10,15,21H,7-8,11-12H2,(H,20,24). The van der Waals surface area contributed by atoms with Crippen LogP contribution in [0.3, 0.4) is 0 Å². The third-order valence-corrected chi connectivity index (χ3v) is 4.03. The second-order valence-corrected chi connectivity index (χ2v) is 6.24. The van der Waals surface area contributed by atoms with Crippen LogP contribution >= 0.6 is 0 Å². The molecular formula is C19H19N3O5. The van der Waals surface area contributed by atoms with Crippen LogP contribution < -0.4 is 10.6 Å². The van der Waals surface area contributed by atoms with Crippen molar-refractivity contribution in [1.29, 1.82) is 0 Å². The van der Waals surface area contributed by atoms with Crippen molar-refractivity contribution in [3.05, 3.63) is 69.8 Å². The molecule has 0 heterocycles. The fourth-order valence-corrected chi connectivity index (χ4v) is 2.44. The highest BCUT2D eigenvalue weighted by Gasteiger charge is 2.25. The summed E-state index contributed by atoms with van der Waals surface area (Å²) in [5.74, 6) is -1.17. The number of anilines is 1. The van der Waals surface area contributed by atoms with E-state index in [0.717, 1.165) is 18.4 Å². The number of nitrogens with zero attached hydrogens (tertiary/aromatic N) is 1. The Morgan fingerprint density at radius 3 is 2.56 bits per heavy atom. The summed E-state index contributed by atoms with van der Waals surface area (Å²) in [4.78, 5) is 34.6. The second-order valence-electron chi connectivity index (χ2n) is 6.24. The number of amides is 1. The quantitative estimate of drug-likeness (QED) is 0.420. The molecule has 1 aliphatic carbocycles. The van der Waals surface area contributed by atoms with E-state index in [1.165, 1.54) is 18.2 Å². The van der Waals surface area contributed by atoms with Crippen LogP contribution in [0.15, 0.2) is 48.5 Å². The van der Waals surface area contributed by atoms with E-state index in [4.69, 9.17) is 4.74 Å². The Hall–Kier alpha value is -3.42. The first-order valence-corrected chi connectivity index (χ1v) is 8.55. The van der Waals surface area contributed by atoms with Crippen LogP contribution in [0, 0.1) is 10.1 Å². The van der Waals surface area contributed by atoms with E-state index in [-0.39, 0.29) is 30.4 Å². The summed E-state index contributed by atoms with van der Waals surface area (Å²) in [5.41, 5.74) is 1.17. The van der Waals surface area contributed by atoms with Gasteiger partial charge in [-0.2, -0.15) is 0 Å². The minimum absolute atomic E-state index is 0.110. The highest BCUT2D eigenvalue weighted by atomic mass is 16.6. The van der Waals surface area contributed by atoms with Crippen LogP contribution in [0.4, 0.5) is 11.4 Å². The molecule has 27 heavy (non-hydrogen) atoms. The predicted octanol–water partition coefficient (Wildman–Crippen LogP) is 2.64. The molecule has 0 atom stereocenters. The van der Waals surface area contributed by atoms with Gasteiger partial charge in [0, 0.05) is 17.7 Å². The van der Waals surface area contributed by atoms with Crippen molar-refractivity contribution in [1.82, 2.24) is 5.32 Å². The molecule has 140 valence electrons. The number of ether oxygens (including phenoxy) is 1. The number of carbonyl (C=O) groups is 2. The van der Waals surface area contributed by atoms with Gasteiger partial charge in [0.25, 0.3) is 11.6 Å². The Balaban J connectivity index is 1.54. The third-order valence-electron chi connectivity index (χ3n) is 4.03. The van der Waals surface area contributed by atoms with Crippen LogP contribution in [-0.2, 0) is 16.1 Å². The number of benzene rings is 2. The maximum absolute atomic E-state index is 12.2. The van der Waals surface area contributed by atoms with E-state index < -0.39 is 16.8 Å². The van der Waals surface area contributed by atoms with Crippen LogP contribution in [0.2, 0.25) is 0 Å². The minimum Gasteiger partial charge on any atom is -0.460 e. The summed E-state index contributed by atoms with van der Waals surface area (Å²) in [6, 6.07) is 13.6. The van der Waals surface area contributed by atoms with Crippen molar-refractivity contribution in [3.63, 3.8) is 0 Å². The number of nitro groups is 1. The van der Waals surface area contributed by atoms with Gasteiger partial charge in [-0.15, -0.1) is 0 Å². The minimum atomic E-state index is -0.589. The molecule has 8 nitrogen and oxygen atoms in total. The number of rotatable bonds is 8. The van der Waals surface area contributed by atoms with Gasteiger partial charge in [-0.25, -0.2) is 0 Å². The van der Waals surface area contributed by atoms with E-state index in [2.05, 4.69) is 10.6 Å². The molecule has 0 unspecified atom stereocenters. The number of hydrogen-bond donors (Lipinski definition) is 2. The van der Waals surface area contributed by atoms with Crippen molar-refractivity contribution >= 4 is 23.3 Å². The van der Waals surface area contributed by atoms with Gasteiger partial charge in [-0.05, 0) is 30.5 Å².